The fourth-order valence-electron chi connectivity index (χ4n) is 2.97. The normalized spacial score (nSPS) is 11.6. The third-order valence-corrected chi connectivity index (χ3v) is 4.89. The maximum absolute atomic E-state index is 13.3. The average Bonchev–Trinajstić information content (AvgIpc) is 2.73. The molecule has 0 unspecified atom stereocenters. The minimum absolute atomic E-state index is 0.201. The van der Waals surface area contributed by atoms with Crippen molar-refractivity contribution >= 4 is 23.0 Å². The smallest absolute Gasteiger partial charge is 0.270 e. The molecule has 148 valence electrons. The van der Waals surface area contributed by atoms with Gasteiger partial charge in [0.15, 0.2) is 17.4 Å². The number of carbonyl (C=O) groups excluding carboxylic acids is 1. The summed E-state index contributed by atoms with van der Waals surface area (Å²) in [7, 11) is 1.62. The van der Waals surface area contributed by atoms with Gasteiger partial charge in [0.25, 0.3) is 6.04 Å². The first-order chi connectivity index (χ1) is 14.0. The van der Waals surface area contributed by atoms with Crippen LogP contribution in [0.15, 0.2) is 73.1 Å². The van der Waals surface area contributed by atoms with E-state index in [0.717, 1.165) is 16.9 Å². The summed E-state index contributed by atoms with van der Waals surface area (Å²) in [5.74, 6) is 0.186. The minimum atomic E-state index is -0.728. The van der Waals surface area contributed by atoms with E-state index in [4.69, 9.17) is 17.0 Å². The molecule has 4 nitrogen and oxygen atoms in total. The van der Waals surface area contributed by atoms with E-state index in [-0.39, 0.29) is 11.6 Å². The highest BCUT2D eigenvalue weighted by Gasteiger charge is 2.33. The number of hydrogen-bond acceptors (Lipinski definition) is 3. The molecule has 0 aliphatic rings. The van der Waals surface area contributed by atoms with Gasteiger partial charge in [0.05, 0.1) is 7.11 Å². The van der Waals surface area contributed by atoms with E-state index in [1.54, 1.807) is 17.9 Å². The second-order valence-corrected chi connectivity index (χ2v) is 7.11. The summed E-state index contributed by atoms with van der Waals surface area (Å²) in [5.41, 5.74) is 2.41. The largest absolute Gasteiger partial charge is 0.497 e. The summed E-state index contributed by atoms with van der Waals surface area (Å²) in [4.78, 5) is 13.6. The zero-order valence-corrected chi connectivity index (χ0v) is 17.1. The van der Waals surface area contributed by atoms with E-state index in [2.05, 4.69) is 5.32 Å². The number of carbonyl (C=O) groups is 1. The van der Waals surface area contributed by atoms with Gasteiger partial charge in [0, 0.05) is 23.7 Å². The quantitative estimate of drug-likeness (QED) is 0.364. The van der Waals surface area contributed by atoms with Gasteiger partial charge in [-0.3, -0.25) is 4.79 Å². The Hall–Kier alpha value is -3.12. The van der Waals surface area contributed by atoms with Gasteiger partial charge in [0.2, 0.25) is 5.78 Å². The molecule has 3 aromatic rings. The number of ketones is 1. The first-order valence-electron chi connectivity index (χ1n) is 9.16. The van der Waals surface area contributed by atoms with Crippen LogP contribution in [-0.2, 0) is 6.54 Å². The van der Waals surface area contributed by atoms with E-state index >= 15 is 0 Å². The van der Waals surface area contributed by atoms with Crippen LogP contribution in [-0.4, -0.2) is 17.9 Å². The molecule has 1 aromatic heterocycles. The fraction of sp³-hybridized carbons (Fsp3) is 0.174. The third-order valence-electron chi connectivity index (χ3n) is 4.52. The third kappa shape index (κ3) is 5.23. The Morgan fingerprint density at radius 3 is 2.45 bits per heavy atom. The second kappa shape index (κ2) is 9.39. The predicted octanol–water partition coefficient (Wildman–Crippen LogP) is 3.97. The zero-order chi connectivity index (χ0) is 20.8. The van der Waals surface area contributed by atoms with Crippen LogP contribution in [0.5, 0.6) is 5.75 Å². The first-order valence-corrected chi connectivity index (χ1v) is 9.56. The number of Topliss-reactive ketones (excluding diaryl/α,β-unsaturated/α-hetero) is 1. The van der Waals surface area contributed by atoms with Crippen molar-refractivity contribution in [1.29, 1.82) is 0 Å². The number of benzene rings is 2. The maximum Gasteiger partial charge on any atom is 0.270 e. The number of rotatable bonds is 7. The van der Waals surface area contributed by atoms with E-state index in [0.29, 0.717) is 17.1 Å². The Bertz CT molecular complexity index is 1000. The molecule has 0 amide bonds. The highest BCUT2D eigenvalue weighted by Crippen LogP contribution is 2.14. The van der Waals surface area contributed by atoms with Crippen LogP contribution in [0, 0.1) is 12.7 Å². The van der Waals surface area contributed by atoms with Crippen molar-refractivity contribution in [2.75, 3.05) is 7.11 Å². The van der Waals surface area contributed by atoms with Crippen molar-refractivity contribution in [3.63, 3.8) is 0 Å². The van der Waals surface area contributed by atoms with E-state index < -0.39 is 6.04 Å². The molecular weight excluding hydrogens is 387 g/mol. The number of ether oxygens (including phenoxy) is 1. The molecule has 0 bridgehead atoms. The van der Waals surface area contributed by atoms with Crippen LogP contribution in [0.25, 0.3) is 0 Å². The van der Waals surface area contributed by atoms with Gasteiger partial charge in [0.1, 0.15) is 11.6 Å². The topological polar surface area (TPSA) is 42.2 Å². The Kier molecular flexibility index (Phi) is 6.67. The average molecular weight is 410 g/mol. The van der Waals surface area contributed by atoms with Gasteiger partial charge < -0.3 is 10.1 Å². The Morgan fingerprint density at radius 1 is 1.14 bits per heavy atom. The summed E-state index contributed by atoms with van der Waals surface area (Å²) in [6.45, 7) is 2.42. The van der Waals surface area contributed by atoms with Gasteiger partial charge in [-0.2, -0.15) is 4.57 Å². The van der Waals surface area contributed by atoms with E-state index in [1.165, 1.54) is 24.3 Å². The summed E-state index contributed by atoms with van der Waals surface area (Å²) < 4.78 is 20.2. The number of aryl methyl sites for hydroxylation is 1. The molecule has 0 saturated carbocycles. The van der Waals surface area contributed by atoms with Crippen molar-refractivity contribution in [2.24, 2.45) is 0 Å². The monoisotopic (exact) mass is 409 g/mol. The van der Waals surface area contributed by atoms with Gasteiger partial charge in [-0.15, -0.1) is 0 Å². The van der Waals surface area contributed by atoms with Crippen LogP contribution in [0.3, 0.4) is 0 Å². The summed E-state index contributed by atoms with van der Waals surface area (Å²) in [6.07, 6.45) is 3.67. The van der Waals surface area contributed by atoms with Crippen LogP contribution in [0.1, 0.15) is 27.5 Å². The van der Waals surface area contributed by atoms with Crippen molar-refractivity contribution < 1.29 is 18.5 Å². The summed E-state index contributed by atoms with van der Waals surface area (Å²) in [6, 6.07) is 16.2. The van der Waals surface area contributed by atoms with Crippen LogP contribution < -0.4 is 14.6 Å². The van der Waals surface area contributed by atoms with Gasteiger partial charge in [-0.1, -0.05) is 24.4 Å². The second-order valence-electron chi connectivity index (χ2n) is 6.67. The van der Waals surface area contributed by atoms with Gasteiger partial charge in [-0.25, -0.2) is 4.39 Å². The molecule has 0 spiro atoms. The number of halogens is 1. The molecule has 0 aliphatic heterocycles. The maximum atomic E-state index is 13.3. The molecule has 0 radical (unpaired) electrons. The number of methoxy groups -OCH3 is 1. The van der Waals surface area contributed by atoms with Crippen molar-refractivity contribution in [1.82, 2.24) is 5.32 Å². The van der Waals surface area contributed by atoms with E-state index in [9.17, 15) is 9.18 Å². The van der Waals surface area contributed by atoms with Crippen LogP contribution in [0.4, 0.5) is 4.39 Å². The molecule has 6 heteroatoms. The highest BCUT2D eigenvalue weighted by molar-refractivity contribution is 7.80. The molecule has 0 saturated heterocycles. The number of hydrogen-bond donors (Lipinski definition) is 1. The molecular formula is C23H22FN2O2S+. The first kappa shape index (κ1) is 20.6. The van der Waals surface area contributed by atoms with Gasteiger partial charge in [-0.05, 0) is 55.0 Å². The number of thiocarbonyl (C=S) groups is 1. The summed E-state index contributed by atoms with van der Waals surface area (Å²) >= 11 is 5.60. The molecule has 1 atom stereocenters. The van der Waals surface area contributed by atoms with Crippen molar-refractivity contribution in [3.05, 3.63) is 95.6 Å². The Balaban J connectivity index is 1.84. The standard InChI is InChI=1S/C23H21FN2O2S/c1-16-4-3-13-26(15-16)21(22(27)18-7-9-19(24)10-8-18)23(29)25-14-17-5-11-20(28-2)12-6-17/h3-13,15,21H,14H2,1-2H3/p+1/t21-/m1/s1. The number of aromatic nitrogens is 1. The lowest BCUT2D eigenvalue weighted by atomic mass is 10.0. The van der Waals surface area contributed by atoms with E-state index in [1.807, 2.05) is 49.5 Å². The minimum Gasteiger partial charge on any atom is -0.497 e. The number of pyridine rings is 1. The van der Waals surface area contributed by atoms with Crippen molar-refractivity contribution in [3.8, 4) is 5.75 Å². The molecule has 0 aliphatic carbocycles. The SMILES string of the molecule is COc1ccc(CNC(=S)[C@@H](C(=O)c2ccc(F)cc2)[n+]2cccc(C)c2)cc1. The highest BCUT2D eigenvalue weighted by atomic mass is 32.1. The fourth-order valence-corrected chi connectivity index (χ4v) is 3.27. The molecule has 1 N–H and O–H groups in total. The predicted molar refractivity (Wildman–Crippen MR) is 114 cm³/mol. The lowest BCUT2D eigenvalue weighted by molar-refractivity contribution is -0.692. The number of nitrogens with zero attached hydrogens (tertiary/aromatic N) is 1. The van der Waals surface area contributed by atoms with Crippen molar-refractivity contribution in [2.45, 2.75) is 19.5 Å². The zero-order valence-electron chi connectivity index (χ0n) is 16.3. The molecule has 29 heavy (non-hydrogen) atoms. The Labute approximate surface area is 175 Å². The molecule has 0 fully saturated rings. The lowest BCUT2D eigenvalue weighted by Gasteiger charge is -2.15. The molecule has 2 aromatic carbocycles. The van der Waals surface area contributed by atoms with Gasteiger partial charge >= 0.3 is 0 Å². The summed E-state index contributed by atoms with van der Waals surface area (Å²) in [5, 5.41) is 3.19. The Morgan fingerprint density at radius 2 is 1.83 bits per heavy atom. The molecule has 1 heterocycles. The lowest BCUT2D eigenvalue weighted by Crippen LogP contribution is -2.51. The van der Waals surface area contributed by atoms with Crippen LogP contribution in [0.2, 0.25) is 0 Å². The molecule has 3 rings (SSSR count). The number of nitrogens with one attached hydrogen (secondary N) is 1. The van der Waals surface area contributed by atoms with Crippen LogP contribution >= 0.6 is 12.2 Å².